The molecule has 0 N–H and O–H groups in total. The molecule has 2 saturated carbocycles. The standard InChI is InChI=1S/C18H25Cl/c1-3-12-5-7-14(4-2)16(10-12)18(19)17-11-13-6-8-15(17)9-13/h5,7,10,13,15,17-18H,3-4,6,8-9,11H2,1-2H3. The maximum absolute atomic E-state index is 6.92. The summed E-state index contributed by atoms with van der Waals surface area (Å²) in [7, 11) is 0. The normalized spacial score (nSPS) is 30.8. The van der Waals surface area contributed by atoms with Gasteiger partial charge in [0.2, 0.25) is 0 Å². The molecule has 0 nitrogen and oxygen atoms in total. The summed E-state index contributed by atoms with van der Waals surface area (Å²) in [5, 5.41) is 0.247. The summed E-state index contributed by atoms with van der Waals surface area (Å²) >= 11 is 6.92. The van der Waals surface area contributed by atoms with Crippen LogP contribution >= 0.6 is 11.6 Å². The third kappa shape index (κ3) is 2.44. The number of hydrogen-bond donors (Lipinski definition) is 0. The van der Waals surface area contributed by atoms with Gasteiger partial charge in [0.25, 0.3) is 0 Å². The first-order valence-electron chi connectivity index (χ1n) is 7.98. The Morgan fingerprint density at radius 3 is 2.58 bits per heavy atom. The predicted octanol–water partition coefficient (Wildman–Crippen LogP) is 5.53. The molecule has 4 atom stereocenters. The Balaban J connectivity index is 1.87. The number of hydrogen-bond acceptors (Lipinski definition) is 0. The molecule has 2 bridgehead atoms. The van der Waals surface area contributed by atoms with Crippen molar-refractivity contribution in [3.05, 3.63) is 34.9 Å². The van der Waals surface area contributed by atoms with Gasteiger partial charge < -0.3 is 0 Å². The maximum Gasteiger partial charge on any atom is 0.0618 e. The summed E-state index contributed by atoms with van der Waals surface area (Å²) in [6, 6.07) is 6.95. The highest BCUT2D eigenvalue weighted by Crippen LogP contribution is 2.54. The number of aryl methyl sites for hydroxylation is 2. The quantitative estimate of drug-likeness (QED) is 0.635. The van der Waals surface area contributed by atoms with Crippen LogP contribution in [-0.2, 0) is 12.8 Å². The van der Waals surface area contributed by atoms with Crippen LogP contribution in [0.3, 0.4) is 0 Å². The van der Waals surface area contributed by atoms with E-state index >= 15 is 0 Å². The van der Waals surface area contributed by atoms with Crippen molar-refractivity contribution in [3.63, 3.8) is 0 Å². The van der Waals surface area contributed by atoms with E-state index in [4.69, 9.17) is 11.6 Å². The molecule has 2 aliphatic carbocycles. The lowest BCUT2D eigenvalue weighted by atomic mass is 9.82. The first-order valence-corrected chi connectivity index (χ1v) is 8.42. The van der Waals surface area contributed by atoms with Crippen molar-refractivity contribution in [1.29, 1.82) is 0 Å². The highest BCUT2D eigenvalue weighted by molar-refractivity contribution is 6.21. The predicted molar refractivity (Wildman–Crippen MR) is 82.7 cm³/mol. The van der Waals surface area contributed by atoms with Crippen molar-refractivity contribution >= 4 is 11.6 Å². The summed E-state index contributed by atoms with van der Waals surface area (Å²) in [4.78, 5) is 0. The van der Waals surface area contributed by atoms with Gasteiger partial charge >= 0.3 is 0 Å². The second-order valence-corrected chi connectivity index (χ2v) is 6.95. The van der Waals surface area contributed by atoms with Crippen LogP contribution in [0, 0.1) is 17.8 Å². The molecular weight excluding hydrogens is 252 g/mol. The van der Waals surface area contributed by atoms with Crippen LogP contribution < -0.4 is 0 Å². The van der Waals surface area contributed by atoms with Crippen LogP contribution in [-0.4, -0.2) is 0 Å². The van der Waals surface area contributed by atoms with Crippen molar-refractivity contribution in [1.82, 2.24) is 0 Å². The fourth-order valence-electron chi connectivity index (χ4n) is 4.33. The minimum Gasteiger partial charge on any atom is -0.117 e. The zero-order valence-corrected chi connectivity index (χ0v) is 12.9. The van der Waals surface area contributed by atoms with E-state index in [1.165, 1.54) is 42.4 Å². The van der Waals surface area contributed by atoms with Gasteiger partial charge in [-0.05, 0) is 66.5 Å². The summed E-state index contributed by atoms with van der Waals surface area (Å²) in [6.07, 6.45) is 7.91. The Labute approximate surface area is 122 Å². The second kappa shape index (κ2) is 5.48. The smallest absolute Gasteiger partial charge is 0.0618 e. The topological polar surface area (TPSA) is 0 Å². The minimum atomic E-state index is 0.247. The molecule has 0 aromatic heterocycles. The summed E-state index contributed by atoms with van der Waals surface area (Å²) in [6.45, 7) is 4.47. The molecule has 104 valence electrons. The third-order valence-corrected chi connectivity index (χ3v) is 6.02. The van der Waals surface area contributed by atoms with E-state index in [1.54, 1.807) is 0 Å². The Hall–Kier alpha value is -0.490. The zero-order valence-electron chi connectivity index (χ0n) is 12.2. The number of fused-ring (bicyclic) bond motifs is 2. The van der Waals surface area contributed by atoms with E-state index in [2.05, 4.69) is 32.0 Å². The van der Waals surface area contributed by atoms with Gasteiger partial charge in [-0.1, -0.05) is 38.5 Å². The van der Waals surface area contributed by atoms with Crippen LogP contribution in [0.2, 0.25) is 0 Å². The number of rotatable bonds is 4. The lowest BCUT2D eigenvalue weighted by molar-refractivity contribution is 0.323. The van der Waals surface area contributed by atoms with Gasteiger partial charge in [-0.3, -0.25) is 0 Å². The second-order valence-electron chi connectivity index (χ2n) is 6.48. The molecule has 1 aromatic carbocycles. The van der Waals surface area contributed by atoms with Crippen LogP contribution in [0.25, 0.3) is 0 Å². The Morgan fingerprint density at radius 1 is 1.16 bits per heavy atom. The molecule has 2 aliphatic rings. The van der Waals surface area contributed by atoms with Crippen molar-refractivity contribution < 1.29 is 0 Å². The van der Waals surface area contributed by atoms with Gasteiger partial charge in [-0.15, -0.1) is 11.6 Å². The molecule has 3 rings (SSSR count). The molecule has 1 aromatic rings. The lowest BCUT2D eigenvalue weighted by Crippen LogP contribution is -2.17. The molecule has 1 heteroatoms. The van der Waals surface area contributed by atoms with Crippen LogP contribution in [0.5, 0.6) is 0 Å². The van der Waals surface area contributed by atoms with Gasteiger partial charge in [-0.2, -0.15) is 0 Å². The van der Waals surface area contributed by atoms with Gasteiger partial charge in [0.15, 0.2) is 0 Å². The van der Waals surface area contributed by atoms with Gasteiger partial charge in [0.1, 0.15) is 0 Å². The molecule has 2 fully saturated rings. The number of alkyl halides is 1. The van der Waals surface area contributed by atoms with E-state index in [0.717, 1.165) is 30.6 Å². The summed E-state index contributed by atoms with van der Waals surface area (Å²) < 4.78 is 0. The number of halogens is 1. The van der Waals surface area contributed by atoms with Crippen molar-refractivity contribution in [2.45, 2.75) is 57.7 Å². The highest BCUT2D eigenvalue weighted by Gasteiger charge is 2.43. The van der Waals surface area contributed by atoms with Gasteiger partial charge in [0.05, 0.1) is 5.38 Å². The monoisotopic (exact) mass is 276 g/mol. The van der Waals surface area contributed by atoms with E-state index in [1.807, 2.05) is 0 Å². The third-order valence-electron chi connectivity index (χ3n) is 5.47. The molecule has 0 saturated heterocycles. The molecule has 0 heterocycles. The molecular formula is C18H25Cl. The molecule has 0 radical (unpaired) electrons. The fourth-order valence-corrected chi connectivity index (χ4v) is 4.84. The molecule has 0 amide bonds. The van der Waals surface area contributed by atoms with Crippen LogP contribution in [0.4, 0.5) is 0 Å². The van der Waals surface area contributed by atoms with Crippen molar-refractivity contribution in [2.75, 3.05) is 0 Å². The average molecular weight is 277 g/mol. The summed E-state index contributed by atoms with van der Waals surface area (Å²) in [5.74, 6) is 2.62. The number of benzene rings is 1. The Kier molecular flexibility index (Phi) is 3.89. The van der Waals surface area contributed by atoms with Gasteiger partial charge in [0, 0.05) is 0 Å². The van der Waals surface area contributed by atoms with Crippen molar-refractivity contribution in [2.24, 2.45) is 17.8 Å². The lowest BCUT2D eigenvalue weighted by Gasteiger charge is -2.28. The van der Waals surface area contributed by atoms with Crippen LogP contribution in [0.1, 0.15) is 61.6 Å². The molecule has 4 unspecified atom stereocenters. The molecule has 0 spiro atoms. The first-order chi connectivity index (χ1) is 9.22. The Morgan fingerprint density at radius 2 is 2.00 bits per heavy atom. The minimum absolute atomic E-state index is 0.247. The summed E-state index contributed by atoms with van der Waals surface area (Å²) in [5.41, 5.74) is 4.32. The zero-order chi connectivity index (χ0) is 13.4. The van der Waals surface area contributed by atoms with E-state index in [9.17, 15) is 0 Å². The maximum atomic E-state index is 6.92. The van der Waals surface area contributed by atoms with Crippen LogP contribution in [0.15, 0.2) is 18.2 Å². The highest BCUT2D eigenvalue weighted by atomic mass is 35.5. The Bertz CT molecular complexity index is 451. The fraction of sp³-hybridized carbons (Fsp3) is 0.667. The van der Waals surface area contributed by atoms with Crippen molar-refractivity contribution in [3.8, 4) is 0 Å². The van der Waals surface area contributed by atoms with E-state index in [-0.39, 0.29) is 5.38 Å². The van der Waals surface area contributed by atoms with E-state index in [0.29, 0.717) is 0 Å². The van der Waals surface area contributed by atoms with E-state index < -0.39 is 0 Å². The SMILES string of the molecule is CCc1ccc(CC)c(C(Cl)C2CC3CCC2C3)c1. The van der Waals surface area contributed by atoms with Gasteiger partial charge in [-0.25, -0.2) is 0 Å². The largest absolute Gasteiger partial charge is 0.117 e. The molecule has 0 aliphatic heterocycles. The molecule has 19 heavy (non-hydrogen) atoms. The first kappa shape index (κ1) is 13.5. The average Bonchev–Trinajstić information content (AvgIpc) is 3.08.